The molecule has 0 aliphatic heterocycles. The third-order valence-electron chi connectivity index (χ3n) is 5.35. The van der Waals surface area contributed by atoms with Gasteiger partial charge in [-0.15, -0.1) is 0 Å². The van der Waals surface area contributed by atoms with Crippen LogP contribution in [0.3, 0.4) is 0 Å². The van der Waals surface area contributed by atoms with Crippen molar-refractivity contribution in [3.63, 3.8) is 0 Å². The Labute approximate surface area is 183 Å². The number of nitrogen functional groups attached to an aromatic ring is 1. The van der Waals surface area contributed by atoms with Crippen molar-refractivity contribution in [3.05, 3.63) is 39.7 Å². The number of aromatic nitrogens is 1. The van der Waals surface area contributed by atoms with Crippen LogP contribution in [0.1, 0.15) is 59.7 Å². The minimum atomic E-state index is -1.62. The number of pyridine rings is 1. The van der Waals surface area contributed by atoms with Crippen molar-refractivity contribution in [1.82, 2.24) is 4.98 Å². The van der Waals surface area contributed by atoms with Crippen molar-refractivity contribution >= 4 is 23.7 Å². The van der Waals surface area contributed by atoms with Crippen LogP contribution in [-0.4, -0.2) is 39.7 Å². The van der Waals surface area contributed by atoms with Gasteiger partial charge in [-0.2, -0.15) is 0 Å². The monoisotopic (exact) mass is 444 g/mol. The van der Waals surface area contributed by atoms with E-state index in [1.807, 2.05) is 0 Å². The van der Waals surface area contributed by atoms with Crippen molar-refractivity contribution in [1.29, 1.82) is 0 Å². The van der Waals surface area contributed by atoms with E-state index in [1.165, 1.54) is 18.2 Å². The average Bonchev–Trinajstić information content (AvgIpc) is 2.74. The van der Waals surface area contributed by atoms with Gasteiger partial charge in [-0.3, -0.25) is 9.59 Å². The third kappa shape index (κ3) is 4.58. The number of ether oxygens (including phenoxy) is 2. The van der Waals surface area contributed by atoms with Crippen LogP contribution in [0, 0.1) is 5.92 Å². The van der Waals surface area contributed by atoms with Crippen LogP contribution in [0.4, 0.5) is 5.82 Å². The van der Waals surface area contributed by atoms with Crippen LogP contribution >= 0.6 is 0 Å². The Morgan fingerprint density at radius 1 is 1.06 bits per heavy atom. The van der Waals surface area contributed by atoms with E-state index in [1.54, 1.807) is 6.92 Å². The highest BCUT2D eigenvalue weighted by Gasteiger charge is 2.28. The van der Waals surface area contributed by atoms with Crippen LogP contribution in [0.15, 0.2) is 23.0 Å². The first-order chi connectivity index (χ1) is 15.2. The molecule has 1 aromatic heterocycles. The van der Waals surface area contributed by atoms with E-state index in [9.17, 15) is 29.4 Å². The van der Waals surface area contributed by atoms with E-state index in [-0.39, 0.29) is 41.1 Å². The highest BCUT2D eigenvalue weighted by molar-refractivity contribution is 6.07. The molecular weight excluding hydrogens is 420 g/mol. The van der Waals surface area contributed by atoms with E-state index in [0.717, 1.165) is 32.1 Å². The summed E-state index contributed by atoms with van der Waals surface area (Å²) in [5.41, 5.74) is 3.01. The molecule has 10 heteroatoms. The van der Waals surface area contributed by atoms with Crippen LogP contribution in [0.5, 0.6) is 11.5 Å². The molecule has 0 saturated heterocycles. The minimum Gasteiger partial charge on any atom is -0.490 e. The molecule has 10 nitrogen and oxygen atoms in total. The molecule has 32 heavy (non-hydrogen) atoms. The topological polar surface area (TPSA) is 169 Å². The normalized spacial score (nSPS) is 14.0. The SMILES string of the molecule is CCOc1cc(-c2c(C(=O)O)c(N)[nH]c(=O)c2C(=O)O)ccc1OC(=O)C1CCCCC1. The highest BCUT2D eigenvalue weighted by atomic mass is 16.6. The fourth-order valence-electron chi connectivity index (χ4n) is 3.88. The third-order valence-corrected chi connectivity index (χ3v) is 5.35. The molecule has 0 unspecified atom stereocenters. The van der Waals surface area contributed by atoms with E-state index >= 15 is 0 Å². The minimum absolute atomic E-state index is 0.0681. The van der Waals surface area contributed by atoms with Crippen molar-refractivity contribution in [2.75, 3.05) is 12.3 Å². The number of carboxylic acid groups (broad SMARTS) is 2. The Kier molecular flexibility index (Phi) is 6.82. The number of aromatic amines is 1. The number of esters is 1. The lowest BCUT2D eigenvalue weighted by molar-refractivity contribution is -0.140. The summed E-state index contributed by atoms with van der Waals surface area (Å²) >= 11 is 0. The van der Waals surface area contributed by atoms with Crippen molar-refractivity contribution < 1.29 is 34.1 Å². The van der Waals surface area contributed by atoms with Gasteiger partial charge in [0.05, 0.1) is 12.5 Å². The number of nitrogens with one attached hydrogen (secondary N) is 1. The van der Waals surface area contributed by atoms with Crippen LogP contribution in [0.25, 0.3) is 11.1 Å². The van der Waals surface area contributed by atoms with E-state index < -0.39 is 34.4 Å². The quantitative estimate of drug-likeness (QED) is 0.370. The highest BCUT2D eigenvalue weighted by Crippen LogP contribution is 2.37. The standard InChI is InChI=1S/C22H24N2O8/c1-2-31-14-10-12(8-9-13(14)32-22(30)11-6-4-3-5-7-11)15-16(20(26)27)18(23)24-19(25)17(15)21(28)29/h8-11H,2-7H2,1H3,(H,26,27)(H,28,29)(H3,23,24,25). The molecule has 3 rings (SSSR count). The average molecular weight is 444 g/mol. The van der Waals surface area contributed by atoms with Gasteiger partial charge in [-0.25, -0.2) is 9.59 Å². The largest absolute Gasteiger partial charge is 0.490 e. The van der Waals surface area contributed by atoms with Gasteiger partial charge in [-0.1, -0.05) is 25.3 Å². The van der Waals surface area contributed by atoms with E-state index in [0.29, 0.717) is 0 Å². The maximum atomic E-state index is 12.6. The summed E-state index contributed by atoms with van der Waals surface area (Å²) in [5.74, 6) is -3.96. The zero-order valence-corrected chi connectivity index (χ0v) is 17.5. The number of rotatable bonds is 7. The lowest BCUT2D eigenvalue weighted by Crippen LogP contribution is -2.24. The number of hydrogen-bond acceptors (Lipinski definition) is 7. The summed E-state index contributed by atoms with van der Waals surface area (Å²) in [6.45, 7) is 1.91. The molecule has 2 aromatic rings. The van der Waals surface area contributed by atoms with Crippen molar-refractivity contribution in [2.45, 2.75) is 39.0 Å². The first-order valence-corrected chi connectivity index (χ1v) is 10.3. The molecule has 0 radical (unpaired) electrons. The first kappa shape index (κ1) is 22.9. The zero-order chi connectivity index (χ0) is 23.4. The zero-order valence-electron chi connectivity index (χ0n) is 17.5. The fraction of sp³-hybridized carbons (Fsp3) is 0.364. The Hall–Kier alpha value is -3.82. The van der Waals surface area contributed by atoms with Crippen molar-refractivity contribution in [3.8, 4) is 22.6 Å². The van der Waals surface area contributed by atoms with Gasteiger partial charge in [0, 0.05) is 5.56 Å². The first-order valence-electron chi connectivity index (χ1n) is 10.3. The number of anilines is 1. The fourth-order valence-corrected chi connectivity index (χ4v) is 3.88. The molecule has 1 heterocycles. The van der Waals surface area contributed by atoms with E-state index in [4.69, 9.17) is 15.2 Å². The van der Waals surface area contributed by atoms with Gasteiger partial charge < -0.3 is 30.4 Å². The van der Waals surface area contributed by atoms with Crippen molar-refractivity contribution in [2.24, 2.45) is 5.92 Å². The smallest absolute Gasteiger partial charge is 0.342 e. The maximum absolute atomic E-state index is 12.6. The molecule has 0 bridgehead atoms. The molecule has 5 N–H and O–H groups in total. The summed E-state index contributed by atoms with van der Waals surface area (Å²) in [4.78, 5) is 50.4. The number of carbonyl (C=O) groups is 3. The number of carboxylic acids is 2. The van der Waals surface area contributed by atoms with Crippen LogP contribution in [-0.2, 0) is 4.79 Å². The van der Waals surface area contributed by atoms with Gasteiger partial charge in [-0.05, 0) is 37.5 Å². The second-order valence-electron chi connectivity index (χ2n) is 7.45. The summed E-state index contributed by atoms with van der Waals surface area (Å²) in [5, 5.41) is 19.1. The Morgan fingerprint density at radius 2 is 1.72 bits per heavy atom. The summed E-state index contributed by atoms with van der Waals surface area (Å²) < 4.78 is 11.1. The number of aromatic carboxylic acids is 2. The summed E-state index contributed by atoms with van der Waals surface area (Å²) in [6, 6.07) is 4.08. The molecule has 1 saturated carbocycles. The number of H-pyrrole nitrogens is 1. The lowest BCUT2D eigenvalue weighted by atomic mass is 9.89. The molecule has 1 aromatic carbocycles. The molecule has 0 spiro atoms. The molecule has 1 fully saturated rings. The Bertz CT molecular complexity index is 1120. The number of carbonyl (C=O) groups excluding carboxylic acids is 1. The Balaban J connectivity index is 2.11. The molecule has 0 amide bonds. The summed E-state index contributed by atoms with van der Waals surface area (Å²) in [7, 11) is 0. The van der Waals surface area contributed by atoms with Gasteiger partial charge in [0.25, 0.3) is 5.56 Å². The van der Waals surface area contributed by atoms with Gasteiger partial charge in [0.1, 0.15) is 16.9 Å². The maximum Gasteiger partial charge on any atom is 0.342 e. The van der Waals surface area contributed by atoms with Gasteiger partial charge >= 0.3 is 17.9 Å². The van der Waals surface area contributed by atoms with Crippen LogP contribution < -0.4 is 20.8 Å². The lowest BCUT2D eigenvalue weighted by Gasteiger charge is -2.21. The van der Waals surface area contributed by atoms with E-state index in [2.05, 4.69) is 4.98 Å². The predicted octanol–water partition coefficient (Wildman–Crippen LogP) is 2.90. The number of nitrogens with two attached hydrogens (primary N) is 1. The molecular formula is C22H24N2O8. The molecule has 170 valence electrons. The van der Waals surface area contributed by atoms with Crippen LogP contribution in [0.2, 0.25) is 0 Å². The van der Waals surface area contributed by atoms with Gasteiger partial charge in [0.15, 0.2) is 11.5 Å². The second-order valence-corrected chi connectivity index (χ2v) is 7.45. The Morgan fingerprint density at radius 3 is 2.31 bits per heavy atom. The summed E-state index contributed by atoms with van der Waals surface area (Å²) in [6.07, 6.45) is 4.49. The molecule has 1 aliphatic carbocycles. The second kappa shape index (κ2) is 9.54. The number of benzene rings is 1. The number of hydrogen-bond donors (Lipinski definition) is 4. The predicted molar refractivity (Wildman–Crippen MR) is 114 cm³/mol. The van der Waals surface area contributed by atoms with Gasteiger partial charge in [0.2, 0.25) is 0 Å². The molecule has 1 aliphatic rings. The molecule has 0 atom stereocenters.